The highest BCUT2D eigenvalue weighted by Crippen LogP contribution is 2.25. The summed E-state index contributed by atoms with van der Waals surface area (Å²) in [5.74, 6) is 2.40. The summed E-state index contributed by atoms with van der Waals surface area (Å²) in [6.07, 6.45) is 3.80. The van der Waals surface area contributed by atoms with Crippen molar-refractivity contribution >= 4 is 33.7 Å². The number of aromatic amines is 1. The number of hydrogen-bond acceptors (Lipinski definition) is 6. The zero-order valence-corrected chi connectivity index (χ0v) is 20.0. The highest BCUT2D eigenvalue weighted by Gasteiger charge is 2.09. The summed E-state index contributed by atoms with van der Waals surface area (Å²) >= 11 is 0. The molecular weight excluding hydrogens is 452 g/mol. The number of aromatic nitrogens is 4. The molecule has 4 N–H and O–H groups in total. The molecule has 0 aliphatic heterocycles. The second-order valence-corrected chi connectivity index (χ2v) is 8.04. The summed E-state index contributed by atoms with van der Waals surface area (Å²) in [7, 11) is 3.29. The van der Waals surface area contributed by atoms with Gasteiger partial charge in [0.1, 0.15) is 11.5 Å². The van der Waals surface area contributed by atoms with Crippen LogP contribution in [0.2, 0.25) is 0 Å². The number of hydrogen-bond donors (Lipinski definition) is 3. The maximum atomic E-state index is 5.43. The molecular formula is C28H26N6O2. The number of methoxy groups -OCH3 is 2. The van der Waals surface area contributed by atoms with Crippen LogP contribution in [-0.2, 0) is 0 Å². The van der Waals surface area contributed by atoms with Gasteiger partial charge in [-0.25, -0.2) is 9.50 Å². The lowest BCUT2D eigenvalue weighted by Gasteiger charge is -2.08. The maximum absolute atomic E-state index is 5.43. The molecule has 0 aliphatic rings. The van der Waals surface area contributed by atoms with Crippen molar-refractivity contribution in [1.29, 1.82) is 0 Å². The minimum Gasteiger partial charge on any atom is -0.497 e. The molecule has 6 aromatic rings. The number of nitrogens with one attached hydrogen (secondary N) is 2. The molecule has 36 heavy (non-hydrogen) atoms. The number of nitrogen functional groups attached to an aromatic ring is 1. The third kappa shape index (κ3) is 4.92. The van der Waals surface area contributed by atoms with Gasteiger partial charge < -0.3 is 25.5 Å². The standard InChI is InChI=1S/C21H17N5O.C7H9NO/c1-27-17-5-3-16(4-6-17)24-20-8-9-21-23-13-19(26(21)25-20)15-2-7-18-14(12-15)10-11-22-18;1-9-7-4-2-6(8)3-5-7/h2-13,22H,1H3,(H,24,25);2-5H,8H2,1H3. The molecule has 0 atom stereocenters. The minimum atomic E-state index is 0.745. The molecule has 0 bridgehead atoms. The van der Waals surface area contributed by atoms with Gasteiger partial charge in [-0.2, -0.15) is 0 Å². The van der Waals surface area contributed by atoms with E-state index < -0.39 is 0 Å². The van der Waals surface area contributed by atoms with E-state index in [1.54, 1.807) is 26.4 Å². The van der Waals surface area contributed by atoms with Crippen molar-refractivity contribution in [2.45, 2.75) is 0 Å². The van der Waals surface area contributed by atoms with Gasteiger partial charge in [-0.05, 0) is 78.9 Å². The topological polar surface area (TPSA) is 102 Å². The van der Waals surface area contributed by atoms with Gasteiger partial charge in [0.25, 0.3) is 0 Å². The molecule has 3 aromatic heterocycles. The second kappa shape index (κ2) is 10.1. The number of imidazole rings is 1. The second-order valence-electron chi connectivity index (χ2n) is 8.04. The Labute approximate surface area is 208 Å². The molecule has 0 fully saturated rings. The van der Waals surface area contributed by atoms with E-state index in [9.17, 15) is 0 Å². The Morgan fingerprint density at radius 3 is 2.28 bits per heavy atom. The lowest BCUT2D eigenvalue weighted by atomic mass is 10.1. The first-order valence-electron chi connectivity index (χ1n) is 11.4. The summed E-state index contributed by atoms with van der Waals surface area (Å²) in [5.41, 5.74) is 11.1. The number of nitrogens with zero attached hydrogens (tertiary/aromatic N) is 3. The van der Waals surface area contributed by atoms with Crippen LogP contribution in [0.5, 0.6) is 11.5 Å². The van der Waals surface area contributed by atoms with Crippen LogP contribution in [0.25, 0.3) is 27.8 Å². The fourth-order valence-corrected chi connectivity index (χ4v) is 3.78. The molecule has 3 aromatic carbocycles. The zero-order valence-electron chi connectivity index (χ0n) is 20.0. The van der Waals surface area contributed by atoms with E-state index in [2.05, 4.69) is 39.6 Å². The molecule has 0 radical (unpaired) electrons. The first-order valence-corrected chi connectivity index (χ1v) is 11.4. The van der Waals surface area contributed by atoms with Crippen molar-refractivity contribution in [1.82, 2.24) is 19.6 Å². The lowest BCUT2D eigenvalue weighted by Crippen LogP contribution is -2.00. The van der Waals surface area contributed by atoms with E-state index in [-0.39, 0.29) is 0 Å². The molecule has 0 spiro atoms. The number of nitrogens with two attached hydrogens (primary N) is 1. The molecule has 8 heteroatoms. The van der Waals surface area contributed by atoms with Crippen molar-refractivity contribution in [3.05, 3.63) is 97.3 Å². The van der Waals surface area contributed by atoms with Gasteiger partial charge in [-0.3, -0.25) is 0 Å². The van der Waals surface area contributed by atoms with Gasteiger partial charge >= 0.3 is 0 Å². The van der Waals surface area contributed by atoms with E-state index in [0.29, 0.717) is 0 Å². The Kier molecular flexibility index (Phi) is 6.40. The largest absolute Gasteiger partial charge is 0.497 e. The highest BCUT2D eigenvalue weighted by atomic mass is 16.5. The highest BCUT2D eigenvalue weighted by molar-refractivity contribution is 5.84. The van der Waals surface area contributed by atoms with Gasteiger partial charge in [0.05, 0.1) is 26.1 Å². The van der Waals surface area contributed by atoms with Gasteiger partial charge in [0.2, 0.25) is 0 Å². The quantitative estimate of drug-likeness (QED) is 0.266. The molecule has 0 saturated carbocycles. The van der Waals surface area contributed by atoms with Crippen molar-refractivity contribution in [2.24, 2.45) is 0 Å². The zero-order chi connectivity index (χ0) is 24.9. The predicted molar refractivity (Wildman–Crippen MR) is 144 cm³/mol. The fraction of sp³-hybridized carbons (Fsp3) is 0.0714. The smallest absolute Gasteiger partial charge is 0.154 e. The Morgan fingerprint density at radius 1 is 0.833 bits per heavy atom. The fourth-order valence-electron chi connectivity index (χ4n) is 3.78. The SMILES string of the molecule is COc1ccc(N)cc1.COc1ccc(Nc2ccc3ncc(-c4ccc5[nH]ccc5c4)n3n2)cc1. The molecule has 6 rings (SSSR count). The van der Waals surface area contributed by atoms with Crippen LogP contribution in [0, 0.1) is 0 Å². The minimum absolute atomic E-state index is 0.745. The Morgan fingerprint density at radius 2 is 1.56 bits per heavy atom. The van der Waals surface area contributed by atoms with Crippen molar-refractivity contribution in [2.75, 3.05) is 25.3 Å². The summed E-state index contributed by atoms with van der Waals surface area (Å²) in [5, 5.41) is 9.20. The lowest BCUT2D eigenvalue weighted by molar-refractivity contribution is 0.415. The van der Waals surface area contributed by atoms with Crippen molar-refractivity contribution < 1.29 is 9.47 Å². The Hall–Kier alpha value is -4.98. The number of anilines is 3. The maximum Gasteiger partial charge on any atom is 0.154 e. The summed E-state index contributed by atoms with van der Waals surface area (Å²) < 4.78 is 12.0. The molecule has 0 unspecified atom stereocenters. The van der Waals surface area contributed by atoms with E-state index in [4.69, 9.17) is 20.3 Å². The molecule has 8 nitrogen and oxygen atoms in total. The normalized spacial score (nSPS) is 10.6. The van der Waals surface area contributed by atoms with E-state index in [1.165, 1.54) is 0 Å². The summed E-state index contributed by atoms with van der Waals surface area (Å²) in [4.78, 5) is 7.70. The number of rotatable bonds is 5. The predicted octanol–water partition coefficient (Wildman–Crippen LogP) is 5.91. The van der Waals surface area contributed by atoms with Gasteiger partial charge in [-0.1, -0.05) is 6.07 Å². The van der Waals surface area contributed by atoms with Crippen molar-refractivity contribution in [3.8, 4) is 22.8 Å². The monoisotopic (exact) mass is 478 g/mol. The summed E-state index contributed by atoms with van der Waals surface area (Å²) in [6.45, 7) is 0. The van der Waals surface area contributed by atoms with Gasteiger partial charge in [0, 0.05) is 34.0 Å². The van der Waals surface area contributed by atoms with E-state index in [1.807, 2.05) is 65.4 Å². The first-order chi connectivity index (χ1) is 17.6. The van der Waals surface area contributed by atoms with E-state index in [0.717, 1.165) is 56.5 Å². The van der Waals surface area contributed by atoms with Crippen LogP contribution < -0.4 is 20.5 Å². The third-order valence-electron chi connectivity index (χ3n) is 5.69. The van der Waals surface area contributed by atoms with Crippen LogP contribution in [0.1, 0.15) is 0 Å². The molecule has 3 heterocycles. The van der Waals surface area contributed by atoms with E-state index >= 15 is 0 Å². The molecule has 0 amide bonds. The average molecular weight is 479 g/mol. The Bertz CT molecular complexity index is 1590. The van der Waals surface area contributed by atoms with Crippen LogP contribution >= 0.6 is 0 Å². The Balaban J connectivity index is 0.000000252. The molecule has 0 saturated heterocycles. The van der Waals surface area contributed by atoms with Crippen molar-refractivity contribution in [3.63, 3.8) is 0 Å². The molecule has 180 valence electrons. The number of H-pyrrole nitrogens is 1. The van der Waals surface area contributed by atoms with Gasteiger partial charge in [-0.15, -0.1) is 5.10 Å². The summed E-state index contributed by atoms with van der Waals surface area (Å²) in [6, 6.07) is 27.2. The number of ether oxygens (including phenoxy) is 2. The average Bonchev–Trinajstić information content (AvgIpc) is 3.56. The first kappa shape index (κ1) is 22.8. The van der Waals surface area contributed by atoms with Gasteiger partial charge in [0.15, 0.2) is 11.5 Å². The van der Waals surface area contributed by atoms with Crippen LogP contribution in [0.3, 0.4) is 0 Å². The number of fused-ring (bicyclic) bond motifs is 2. The third-order valence-corrected chi connectivity index (χ3v) is 5.69. The van der Waals surface area contributed by atoms with Crippen LogP contribution in [0.4, 0.5) is 17.2 Å². The van der Waals surface area contributed by atoms with Crippen LogP contribution in [-0.4, -0.2) is 33.8 Å². The molecule has 0 aliphatic carbocycles. The number of benzene rings is 3. The van der Waals surface area contributed by atoms with Crippen LogP contribution in [0.15, 0.2) is 97.3 Å².